The van der Waals surface area contributed by atoms with Crippen molar-refractivity contribution in [1.82, 2.24) is 9.88 Å². The maximum Gasteiger partial charge on any atom is 0.309 e. The van der Waals surface area contributed by atoms with Gasteiger partial charge in [0, 0.05) is 18.8 Å². The molecule has 1 aliphatic heterocycles. The SMILES string of the molecule is CCOC(=O)C1CCN(C(=O)[C@H](C)Sc2nc(C)cc(C)c2C#N)CC1. The summed E-state index contributed by atoms with van der Waals surface area (Å²) in [6, 6.07) is 4.06. The summed E-state index contributed by atoms with van der Waals surface area (Å²) in [6.45, 7) is 8.89. The predicted octanol–water partition coefficient (Wildman–Crippen LogP) is 2.85. The van der Waals surface area contributed by atoms with Crippen LogP contribution in [-0.2, 0) is 14.3 Å². The van der Waals surface area contributed by atoms with E-state index in [4.69, 9.17) is 4.74 Å². The van der Waals surface area contributed by atoms with Gasteiger partial charge in [0.25, 0.3) is 0 Å². The number of thioether (sulfide) groups is 1. The van der Waals surface area contributed by atoms with Crippen LogP contribution in [-0.4, -0.2) is 46.7 Å². The molecule has 1 atom stereocenters. The van der Waals surface area contributed by atoms with Crippen molar-refractivity contribution in [3.05, 3.63) is 22.9 Å². The summed E-state index contributed by atoms with van der Waals surface area (Å²) < 4.78 is 5.07. The van der Waals surface area contributed by atoms with Gasteiger partial charge in [-0.25, -0.2) is 4.98 Å². The molecule has 0 bridgehead atoms. The van der Waals surface area contributed by atoms with Crippen molar-refractivity contribution in [2.45, 2.75) is 50.8 Å². The van der Waals surface area contributed by atoms with Gasteiger partial charge in [-0.3, -0.25) is 9.59 Å². The van der Waals surface area contributed by atoms with Gasteiger partial charge in [-0.05, 0) is 52.2 Å². The number of likely N-dealkylation sites (tertiary alicyclic amines) is 1. The molecular weight excluding hydrogens is 350 g/mol. The Morgan fingerprint density at radius 3 is 2.65 bits per heavy atom. The molecule has 1 amide bonds. The molecule has 1 fully saturated rings. The Morgan fingerprint density at radius 2 is 2.08 bits per heavy atom. The highest BCUT2D eigenvalue weighted by Crippen LogP contribution is 2.29. The first kappa shape index (κ1) is 20.2. The molecule has 1 aromatic rings. The highest BCUT2D eigenvalue weighted by Gasteiger charge is 2.30. The molecule has 140 valence electrons. The van der Waals surface area contributed by atoms with Crippen LogP contribution in [0.4, 0.5) is 0 Å². The number of piperidine rings is 1. The Kier molecular flexibility index (Phi) is 7.04. The summed E-state index contributed by atoms with van der Waals surface area (Å²) in [4.78, 5) is 30.8. The number of hydrogen-bond acceptors (Lipinski definition) is 6. The van der Waals surface area contributed by atoms with Gasteiger partial charge < -0.3 is 9.64 Å². The van der Waals surface area contributed by atoms with E-state index in [1.54, 1.807) is 11.8 Å². The van der Waals surface area contributed by atoms with E-state index >= 15 is 0 Å². The summed E-state index contributed by atoms with van der Waals surface area (Å²) in [7, 11) is 0. The fourth-order valence-electron chi connectivity index (χ4n) is 3.09. The molecule has 0 aliphatic carbocycles. The molecule has 6 nitrogen and oxygen atoms in total. The summed E-state index contributed by atoms with van der Waals surface area (Å²) in [5.41, 5.74) is 2.23. The number of carbonyl (C=O) groups excluding carboxylic acids is 2. The molecule has 0 N–H and O–H groups in total. The van der Waals surface area contributed by atoms with Gasteiger partial charge in [-0.2, -0.15) is 5.26 Å². The number of aryl methyl sites for hydroxylation is 2. The van der Waals surface area contributed by atoms with Crippen LogP contribution in [0.3, 0.4) is 0 Å². The van der Waals surface area contributed by atoms with Crippen molar-refractivity contribution in [3.63, 3.8) is 0 Å². The first-order chi connectivity index (χ1) is 12.4. The quantitative estimate of drug-likeness (QED) is 0.581. The van der Waals surface area contributed by atoms with E-state index in [1.165, 1.54) is 11.8 Å². The molecule has 1 saturated heterocycles. The monoisotopic (exact) mass is 375 g/mol. The van der Waals surface area contributed by atoms with E-state index in [0.29, 0.717) is 43.1 Å². The average molecular weight is 375 g/mol. The summed E-state index contributed by atoms with van der Waals surface area (Å²) in [6.07, 6.45) is 1.26. The number of hydrogen-bond donors (Lipinski definition) is 0. The molecule has 0 unspecified atom stereocenters. The first-order valence-corrected chi connectivity index (χ1v) is 9.75. The zero-order chi connectivity index (χ0) is 19.3. The van der Waals surface area contributed by atoms with Crippen LogP contribution in [0.25, 0.3) is 0 Å². The maximum absolute atomic E-state index is 12.8. The lowest BCUT2D eigenvalue weighted by atomic mass is 9.97. The second-order valence-electron chi connectivity index (χ2n) is 6.48. The fraction of sp³-hybridized carbons (Fsp3) is 0.579. The second kappa shape index (κ2) is 9.04. The van der Waals surface area contributed by atoms with E-state index < -0.39 is 0 Å². The minimum absolute atomic E-state index is 0.0159. The van der Waals surface area contributed by atoms with E-state index in [9.17, 15) is 14.9 Å². The molecule has 2 heterocycles. The van der Waals surface area contributed by atoms with Crippen LogP contribution in [0.1, 0.15) is 43.5 Å². The molecule has 0 spiro atoms. The van der Waals surface area contributed by atoms with Crippen LogP contribution in [0.5, 0.6) is 0 Å². The van der Waals surface area contributed by atoms with E-state index in [-0.39, 0.29) is 23.0 Å². The predicted molar refractivity (Wildman–Crippen MR) is 99.7 cm³/mol. The molecule has 26 heavy (non-hydrogen) atoms. The largest absolute Gasteiger partial charge is 0.466 e. The van der Waals surface area contributed by atoms with Crippen LogP contribution in [0.2, 0.25) is 0 Å². The van der Waals surface area contributed by atoms with Crippen molar-refractivity contribution < 1.29 is 14.3 Å². The number of nitrogens with zero attached hydrogens (tertiary/aromatic N) is 3. The third-order valence-corrected chi connectivity index (χ3v) is 5.56. The average Bonchev–Trinajstić information content (AvgIpc) is 2.61. The van der Waals surface area contributed by atoms with Crippen molar-refractivity contribution in [1.29, 1.82) is 5.26 Å². The van der Waals surface area contributed by atoms with Gasteiger partial charge in [-0.15, -0.1) is 0 Å². The number of ether oxygens (including phenoxy) is 1. The Hall–Kier alpha value is -2.07. The maximum atomic E-state index is 12.8. The number of esters is 1. The summed E-state index contributed by atoms with van der Waals surface area (Å²) in [5, 5.41) is 9.64. The molecule has 1 aliphatic rings. The zero-order valence-electron chi connectivity index (χ0n) is 15.7. The third kappa shape index (κ3) is 4.76. The van der Waals surface area contributed by atoms with E-state index in [0.717, 1.165) is 11.3 Å². The molecule has 0 aromatic carbocycles. The highest BCUT2D eigenvalue weighted by atomic mass is 32.2. The topological polar surface area (TPSA) is 83.3 Å². The lowest BCUT2D eigenvalue weighted by molar-refractivity contribution is -0.151. The summed E-state index contributed by atoms with van der Waals surface area (Å²) >= 11 is 1.32. The highest BCUT2D eigenvalue weighted by molar-refractivity contribution is 8.00. The molecule has 0 saturated carbocycles. The molecule has 2 rings (SSSR count). The number of carbonyl (C=O) groups is 2. The first-order valence-electron chi connectivity index (χ1n) is 8.87. The molecule has 0 radical (unpaired) electrons. The Morgan fingerprint density at radius 1 is 1.42 bits per heavy atom. The van der Waals surface area contributed by atoms with Crippen LogP contribution in [0, 0.1) is 31.1 Å². The number of aromatic nitrogens is 1. The van der Waals surface area contributed by atoms with Crippen LogP contribution in [0.15, 0.2) is 11.1 Å². The van der Waals surface area contributed by atoms with Crippen LogP contribution >= 0.6 is 11.8 Å². The smallest absolute Gasteiger partial charge is 0.309 e. The lowest BCUT2D eigenvalue weighted by Crippen LogP contribution is -2.43. The molecular formula is C19H25N3O3S. The van der Waals surface area contributed by atoms with Gasteiger partial charge in [0.15, 0.2) is 0 Å². The number of amides is 1. The van der Waals surface area contributed by atoms with Crippen molar-refractivity contribution in [2.24, 2.45) is 5.92 Å². The van der Waals surface area contributed by atoms with Crippen molar-refractivity contribution in [2.75, 3.05) is 19.7 Å². The lowest BCUT2D eigenvalue weighted by Gasteiger charge is -2.32. The number of nitriles is 1. The number of pyridine rings is 1. The molecule has 7 heteroatoms. The Labute approximate surface area is 158 Å². The zero-order valence-corrected chi connectivity index (χ0v) is 16.6. The Balaban J connectivity index is 1.99. The van der Waals surface area contributed by atoms with Gasteiger partial charge >= 0.3 is 5.97 Å². The Bertz CT molecular complexity index is 721. The molecule has 1 aromatic heterocycles. The van der Waals surface area contributed by atoms with Gasteiger partial charge in [-0.1, -0.05) is 11.8 Å². The second-order valence-corrected chi connectivity index (χ2v) is 7.81. The van der Waals surface area contributed by atoms with Crippen molar-refractivity contribution >= 4 is 23.6 Å². The summed E-state index contributed by atoms with van der Waals surface area (Å²) in [5.74, 6) is -0.268. The van der Waals surface area contributed by atoms with Gasteiger partial charge in [0.1, 0.15) is 11.1 Å². The van der Waals surface area contributed by atoms with Gasteiger partial charge in [0.2, 0.25) is 5.91 Å². The standard InChI is InChI=1S/C19H25N3O3S/c1-5-25-19(24)15-6-8-22(9-7-15)18(23)14(4)26-17-16(11-20)12(2)10-13(3)21-17/h10,14-15H,5-9H2,1-4H3/t14-/m0/s1. The van der Waals surface area contributed by atoms with Crippen molar-refractivity contribution in [3.8, 4) is 6.07 Å². The minimum Gasteiger partial charge on any atom is -0.466 e. The van der Waals surface area contributed by atoms with E-state index in [1.807, 2.05) is 26.8 Å². The third-order valence-electron chi connectivity index (χ3n) is 4.49. The number of rotatable bonds is 5. The fourth-order valence-corrected chi connectivity index (χ4v) is 4.20. The van der Waals surface area contributed by atoms with E-state index in [2.05, 4.69) is 11.1 Å². The van der Waals surface area contributed by atoms with Crippen LogP contribution < -0.4 is 0 Å². The normalized spacial score (nSPS) is 16.0. The van der Waals surface area contributed by atoms with Gasteiger partial charge in [0.05, 0.1) is 23.3 Å². The minimum atomic E-state index is -0.338.